The Kier molecular flexibility index (Phi) is 4.13. The molecule has 1 amide bonds. The molecule has 1 saturated carbocycles. The van der Waals surface area contributed by atoms with E-state index < -0.39 is 0 Å². The molecule has 2 aliphatic rings. The number of carbonyl (C=O) groups is 1. The number of hydrogen-bond acceptors (Lipinski definition) is 3. The van der Waals surface area contributed by atoms with E-state index in [0.717, 1.165) is 44.4 Å². The molecule has 0 spiro atoms. The van der Waals surface area contributed by atoms with Crippen LogP contribution in [-0.2, 0) is 0 Å². The minimum Gasteiger partial charge on any atom is -0.360 e. The summed E-state index contributed by atoms with van der Waals surface area (Å²) in [4.78, 5) is 15.0. The summed E-state index contributed by atoms with van der Waals surface area (Å²) in [5.41, 5.74) is 1.80. The number of benzene rings is 1. The number of hydrogen-bond donors (Lipinski definition) is 0. The lowest BCUT2D eigenvalue weighted by molar-refractivity contribution is 0.0704. The van der Waals surface area contributed by atoms with Gasteiger partial charge in [-0.2, -0.15) is 0 Å². The van der Waals surface area contributed by atoms with Crippen molar-refractivity contribution in [3.8, 4) is 0 Å². The first-order valence-corrected chi connectivity index (χ1v) is 9.10. The summed E-state index contributed by atoms with van der Waals surface area (Å²) in [6.07, 6.45) is 5.46. The van der Waals surface area contributed by atoms with E-state index in [4.69, 9.17) is 4.52 Å². The lowest BCUT2D eigenvalue weighted by Crippen LogP contribution is -2.39. The van der Waals surface area contributed by atoms with Crippen LogP contribution in [0.1, 0.15) is 72.7 Å². The van der Waals surface area contributed by atoms with E-state index in [0.29, 0.717) is 17.5 Å². The van der Waals surface area contributed by atoms with E-state index in [1.807, 2.05) is 17.0 Å². The molecule has 2 fully saturated rings. The van der Waals surface area contributed by atoms with Crippen LogP contribution in [0.4, 0.5) is 0 Å². The smallest absolute Gasteiger partial charge is 0.276 e. The number of aromatic nitrogens is 1. The molecule has 126 valence electrons. The summed E-state index contributed by atoms with van der Waals surface area (Å²) in [6, 6.07) is 12.7. The molecule has 4 heteroatoms. The van der Waals surface area contributed by atoms with Gasteiger partial charge in [0.1, 0.15) is 5.76 Å². The third kappa shape index (κ3) is 2.85. The van der Waals surface area contributed by atoms with Gasteiger partial charge in [0.2, 0.25) is 0 Å². The Labute approximate surface area is 142 Å². The number of amides is 1. The maximum absolute atomic E-state index is 13.0. The fourth-order valence-corrected chi connectivity index (χ4v) is 3.99. The summed E-state index contributed by atoms with van der Waals surface area (Å²) in [6.45, 7) is 3.03. The van der Waals surface area contributed by atoms with Crippen molar-refractivity contribution in [2.24, 2.45) is 0 Å². The predicted octanol–water partition coefficient (Wildman–Crippen LogP) is 4.35. The number of nitrogens with zero attached hydrogens (tertiary/aromatic N) is 2. The molecule has 2 heterocycles. The van der Waals surface area contributed by atoms with Gasteiger partial charge in [0.25, 0.3) is 5.91 Å². The Hall–Kier alpha value is -2.10. The van der Waals surface area contributed by atoms with E-state index in [9.17, 15) is 4.79 Å². The van der Waals surface area contributed by atoms with Gasteiger partial charge in [-0.25, -0.2) is 0 Å². The molecule has 1 aliphatic heterocycles. The molecule has 1 aromatic carbocycles. The quantitative estimate of drug-likeness (QED) is 0.821. The molecule has 1 saturated heterocycles. The second-order valence-corrected chi connectivity index (χ2v) is 7.02. The number of carbonyl (C=O) groups excluding carboxylic acids is 1. The molecular formula is C20H24N2O2. The second kappa shape index (κ2) is 6.42. The first-order valence-electron chi connectivity index (χ1n) is 9.10. The van der Waals surface area contributed by atoms with Gasteiger partial charge >= 0.3 is 0 Å². The Morgan fingerprint density at radius 2 is 2.08 bits per heavy atom. The van der Waals surface area contributed by atoms with Crippen LogP contribution in [0.15, 0.2) is 40.9 Å². The monoisotopic (exact) mass is 324 g/mol. The SMILES string of the molecule is CC[C@H](c1ccccc1)[C@@H]1CCCN1C(=O)c1cc(C2CC2)on1. The molecule has 0 bridgehead atoms. The van der Waals surface area contributed by atoms with Crippen molar-refractivity contribution in [1.29, 1.82) is 0 Å². The van der Waals surface area contributed by atoms with E-state index in [-0.39, 0.29) is 11.9 Å². The Morgan fingerprint density at radius 3 is 2.79 bits per heavy atom. The van der Waals surface area contributed by atoms with Gasteiger partial charge in [-0.15, -0.1) is 0 Å². The average molecular weight is 324 g/mol. The van der Waals surface area contributed by atoms with Crippen molar-refractivity contribution in [3.63, 3.8) is 0 Å². The highest BCUT2D eigenvalue weighted by Crippen LogP contribution is 2.40. The van der Waals surface area contributed by atoms with Crippen molar-refractivity contribution in [1.82, 2.24) is 10.1 Å². The Morgan fingerprint density at radius 1 is 1.29 bits per heavy atom. The minimum atomic E-state index is 0.0301. The van der Waals surface area contributed by atoms with Crippen molar-refractivity contribution in [2.75, 3.05) is 6.54 Å². The molecule has 0 unspecified atom stereocenters. The molecular weight excluding hydrogens is 300 g/mol. The first-order chi connectivity index (χ1) is 11.8. The Balaban J connectivity index is 1.55. The molecule has 24 heavy (non-hydrogen) atoms. The van der Waals surface area contributed by atoms with Gasteiger partial charge in [0.05, 0.1) is 0 Å². The minimum absolute atomic E-state index is 0.0301. The van der Waals surface area contributed by atoms with Crippen LogP contribution in [-0.4, -0.2) is 28.6 Å². The molecule has 0 N–H and O–H groups in total. The van der Waals surface area contributed by atoms with Crippen LogP contribution < -0.4 is 0 Å². The predicted molar refractivity (Wildman–Crippen MR) is 92.0 cm³/mol. The maximum Gasteiger partial charge on any atom is 0.276 e. The largest absolute Gasteiger partial charge is 0.360 e. The first kappa shape index (κ1) is 15.4. The van der Waals surface area contributed by atoms with Crippen molar-refractivity contribution < 1.29 is 9.32 Å². The summed E-state index contributed by atoms with van der Waals surface area (Å²) < 4.78 is 5.38. The van der Waals surface area contributed by atoms with Crippen LogP contribution in [0.3, 0.4) is 0 Å². The van der Waals surface area contributed by atoms with Gasteiger partial charge in [0.15, 0.2) is 5.69 Å². The summed E-state index contributed by atoms with van der Waals surface area (Å²) in [5.74, 6) is 1.78. The lowest BCUT2D eigenvalue weighted by atomic mass is 9.87. The number of likely N-dealkylation sites (tertiary alicyclic amines) is 1. The van der Waals surface area contributed by atoms with Crippen molar-refractivity contribution in [3.05, 3.63) is 53.4 Å². The molecule has 4 rings (SSSR count). The van der Waals surface area contributed by atoms with Crippen LogP contribution in [0.2, 0.25) is 0 Å². The molecule has 1 aromatic heterocycles. The van der Waals surface area contributed by atoms with Gasteiger partial charge in [0, 0.05) is 30.5 Å². The zero-order valence-corrected chi connectivity index (χ0v) is 14.1. The van der Waals surface area contributed by atoms with Gasteiger partial charge in [-0.1, -0.05) is 42.4 Å². The van der Waals surface area contributed by atoms with E-state index in [1.165, 1.54) is 5.56 Å². The third-order valence-electron chi connectivity index (χ3n) is 5.42. The summed E-state index contributed by atoms with van der Waals surface area (Å²) in [7, 11) is 0. The molecule has 2 aromatic rings. The highest BCUT2D eigenvalue weighted by Gasteiger charge is 2.37. The summed E-state index contributed by atoms with van der Waals surface area (Å²) >= 11 is 0. The molecule has 4 nitrogen and oxygen atoms in total. The third-order valence-corrected chi connectivity index (χ3v) is 5.42. The van der Waals surface area contributed by atoms with Crippen molar-refractivity contribution >= 4 is 5.91 Å². The Bertz CT molecular complexity index is 705. The topological polar surface area (TPSA) is 46.3 Å². The van der Waals surface area contributed by atoms with Crippen LogP contribution in [0.25, 0.3) is 0 Å². The van der Waals surface area contributed by atoms with Crippen molar-refractivity contribution in [2.45, 2.75) is 56.9 Å². The zero-order chi connectivity index (χ0) is 16.5. The highest BCUT2D eigenvalue weighted by atomic mass is 16.5. The highest BCUT2D eigenvalue weighted by molar-refractivity contribution is 5.92. The zero-order valence-electron chi connectivity index (χ0n) is 14.1. The average Bonchev–Trinajstić information content (AvgIpc) is 3.16. The molecule has 0 radical (unpaired) electrons. The molecule has 1 aliphatic carbocycles. The summed E-state index contributed by atoms with van der Waals surface area (Å²) in [5, 5.41) is 4.05. The number of rotatable bonds is 5. The van der Waals surface area contributed by atoms with E-state index in [2.05, 4.69) is 36.3 Å². The van der Waals surface area contributed by atoms with Gasteiger partial charge < -0.3 is 9.42 Å². The van der Waals surface area contributed by atoms with E-state index >= 15 is 0 Å². The van der Waals surface area contributed by atoms with Gasteiger partial charge in [-0.05, 0) is 37.7 Å². The van der Waals surface area contributed by atoms with Gasteiger partial charge in [-0.3, -0.25) is 4.79 Å². The fourth-order valence-electron chi connectivity index (χ4n) is 3.99. The fraction of sp³-hybridized carbons (Fsp3) is 0.500. The van der Waals surface area contributed by atoms with E-state index in [1.54, 1.807) is 0 Å². The second-order valence-electron chi connectivity index (χ2n) is 7.02. The van der Waals surface area contributed by atoms with Crippen LogP contribution in [0, 0.1) is 0 Å². The lowest BCUT2D eigenvalue weighted by Gasteiger charge is -2.31. The maximum atomic E-state index is 13.0. The standard InChI is InChI=1S/C20H24N2O2/c1-2-16(14-7-4-3-5-8-14)18-9-6-12-22(18)20(23)17-13-19(24-21-17)15-10-11-15/h3-5,7-8,13,15-16,18H,2,6,9-12H2,1H3/t16-,18+/m1/s1. The molecule has 2 atom stereocenters. The van der Waals surface area contributed by atoms with Crippen LogP contribution >= 0.6 is 0 Å². The van der Waals surface area contributed by atoms with Crippen LogP contribution in [0.5, 0.6) is 0 Å². The normalized spacial score (nSPS) is 21.9.